The monoisotopic (exact) mass is 280 g/mol. The molecule has 0 heterocycles. The fourth-order valence-corrected chi connectivity index (χ4v) is 2.93. The highest BCUT2D eigenvalue weighted by Gasteiger charge is 2.15. The smallest absolute Gasteiger partial charge is 0.255 e. The number of nitrogens with two attached hydrogens (primary N) is 1. The van der Waals surface area contributed by atoms with E-state index in [0.29, 0.717) is 12.1 Å². The molecule has 1 aliphatic rings. The van der Waals surface area contributed by atoms with Gasteiger partial charge in [-0.25, -0.2) is 0 Å². The van der Waals surface area contributed by atoms with Crippen molar-refractivity contribution in [2.45, 2.75) is 32.2 Å². The van der Waals surface area contributed by atoms with Crippen molar-refractivity contribution in [3.05, 3.63) is 64.7 Å². The fourth-order valence-electron chi connectivity index (χ4n) is 2.93. The number of fused-ring (bicyclic) bond motifs is 1. The Morgan fingerprint density at radius 3 is 2.76 bits per heavy atom. The lowest BCUT2D eigenvalue weighted by Gasteiger charge is -2.19. The van der Waals surface area contributed by atoms with Gasteiger partial charge in [0.1, 0.15) is 0 Å². The average Bonchev–Trinajstić information content (AvgIpc) is 2.55. The van der Waals surface area contributed by atoms with Gasteiger partial charge < -0.3 is 11.1 Å². The third-order valence-electron chi connectivity index (χ3n) is 4.07. The summed E-state index contributed by atoms with van der Waals surface area (Å²) in [6.45, 7) is 0.446. The van der Waals surface area contributed by atoms with Crippen molar-refractivity contribution < 1.29 is 4.79 Å². The van der Waals surface area contributed by atoms with E-state index in [-0.39, 0.29) is 5.91 Å². The van der Waals surface area contributed by atoms with Crippen LogP contribution < -0.4 is 11.1 Å². The first-order chi connectivity index (χ1) is 10.3. The van der Waals surface area contributed by atoms with E-state index < -0.39 is 0 Å². The predicted octanol–water partition coefficient (Wildman–Crippen LogP) is 3.28. The number of hydrogen-bond donors (Lipinski definition) is 2. The van der Waals surface area contributed by atoms with Gasteiger partial charge in [-0.2, -0.15) is 0 Å². The topological polar surface area (TPSA) is 55.1 Å². The molecule has 0 aliphatic heterocycles. The predicted molar refractivity (Wildman–Crippen MR) is 85.4 cm³/mol. The summed E-state index contributed by atoms with van der Waals surface area (Å²) >= 11 is 0. The first-order valence-electron chi connectivity index (χ1n) is 7.49. The third-order valence-corrected chi connectivity index (χ3v) is 4.07. The normalized spacial score (nSPS) is 13.6. The maximum atomic E-state index is 12.4. The highest BCUT2D eigenvalue weighted by molar-refractivity contribution is 6.04. The summed E-state index contributed by atoms with van der Waals surface area (Å²) in [6.07, 6.45) is 4.60. The highest BCUT2D eigenvalue weighted by atomic mass is 16.1. The van der Waals surface area contributed by atoms with Crippen LogP contribution in [0.25, 0.3) is 0 Å². The van der Waals surface area contributed by atoms with Crippen LogP contribution in [-0.2, 0) is 19.4 Å². The average molecular weight is 280 g/mol. The number of benzene rings is 2. The maximum Gasteiger partial charge on any atom is 0.255 e. The second kappa shape index (κ2) is 6.10. The van der Waals surface area contributed by atoms with E-state index in [2.05, 4.69) is 11.4 Å². The number of rotatable bonds is 3. The van der Waals surface area contributed by atoms with Gasteiger partial charge in [-0.05, 0) is 60.6 Å². The molecule has 3 rings (SSSR count). The number of carbonyl (C=O) groups is 1. The molecule has 2 aromatic rings. The van der Waals surface area contributed by atoms with Gasteiger partial charge in [-0.1, -0.05) is 24.3 Å². The lowest BCUT2D eigenvalue weighted by atomic mass is 9.90. The Morgan fingerprint density at radius 2 is 1.90 bits per heavy atom. The van der Waals surface area contributed by atoms with Gasteiger partial charge >= 0.3 is 0 Å². The zero-order valence-electron chi connectivity index (χ0n) is 12.1. The Kier molecular flexibility index (Phi) is 4.02. The highest BCUT2D eigenvalue weighted by Crippen LogP contribution is 2.28. The van der Waals surface area contributed by atoms with Crippen molar-refractivity contribution in [1.29, 1.82) is 0 Å². The second-order valence-corrected chi connectivity index (χ2v) is 5.51. The molecule has 0 radical (unpaired) electrons. The molecular formula is C18H20N2O. The molecule has 0 bridgehead atoms. The van der Waals surface area contributed by atoms with E-state index in [4.69, 9.17) is 5.73 Å². The van der Waals surface area contributed by atoms with Crippen molar-refractivity contribution in [1.82, 2.24) is 0 Å². The van der Waals surface area contributed by atoms with Gasteiger partial charge in [0.25, 0.3) is 5.91 Å². The number of amides is 1. The van der Waals surface area contributed by atoms with E-state index in [9.17, 15) is 4.79 Å². The minimum atomic E-state index is -0.0655. The quantitative estimate of drug-likeness (QED) is 0.906. The van der Waals surface area contributed by atoms with Gasteiger partial charge in [0.2, 0.25) is 0 Å². The lowest BCUT2D eigenvalue weighted by molar-refractivity contribution is 0.102. The molecule has 3 N–H and O–H groups in total. The van der Waals surface area contributed by atoms with E-state index in [0.717, 1.165) is 24.1 Å². The molecule has 1 aliphatic carbocycles. The molecule has 21 heavy (non-hydrogen) atoms. The summed E-state index contributed by atoms with van der Waals surface area (Å²) in [5.74, 6) is -0.0655. The molecule has 1 amide bonds. The summed E-state index contributed by atoms with van der Waals surface area (Å²) in [7, 11) is 0. The van der Waals surface area contributed by atoms with E-state index in [1.54, 1.807) is 0 Å². The molecule has 0 unspecified atom stereocenters. The van der Waals surface area contributed by atoms with Crippen LogP contribution in [0.3, 0.4) is 0 Å². The first kappa shape index (κ1) is 13.8. The molecular weight excluding hydrogens is 260 g/mol. The zero-order valence-corrected chi connectivity index (χ0v) is 12.1. The molecule has 108 valence electrons. The van der Waals surface area contributed by atoms with Crippen LogP contribution in [0.5, 0.6) is 0 Å². The van der Waals surface area contributed by atoms with Crippen LogP contribution >= 0.6 is 0 Å². The molecule has 0 saturated heterocycles. The summed E-state index contributed by atoms with van der Waals surface area (Å²) < 4.78 is 0. The Bertz CT molecular complexity index is 664. The van der Waals surface area contributed by atoms with Crippen molar-refractivity contribution in [2.24, 2.45) is 5.73 Å². The zero-order chi connectivity index (χ0) is 14.7. The second-order valence-electron chi connectivity index (χ2n) is 5.51. The SMILES string of the molecule is NCc1cccc(C(=O)Nc2cccc3c2CCCC3)c1. The maximum absolute atomic E-state index is 12.4. The summed E-state index contributed by atoms with van der Waals surface area (Å²) in [5, 5.41) is 3.06. The van der Waals surface area contributed by atoms with Gasteiger partial charge in [0, 0.05) is 17.8 Å². The number of aryl methyl sites for hydroxylation is 1. The van der Waals surface area contributed by atoms with Crippen molar-refractivity contribution in [2.75, 3.05) is 5.32 Å². The van der Waals surface area contributed by atoms with Crippen LogP contribution in [-0.4, -0.2) is 5.91 Å². The van der Waals surface area contributed by atoms with Crippen LogP contribution in [0.4, 0.5) is 5.69 Å². The number of anilines is 1. The summed E-state index contributed by atoms with van der Waals surface area (Å²) in [5.41, 5.74) is 10.9. The largest absolute Gasteiger partial charge is 0.326 e. The fraction of sp³-hybridized carbons (Fsp3) is 0.278. The standard InChI is InChI=1S/C18H20N2O/c19-12-13-5-3-8-15(11-13)18(21)20-17-10-4-7-14-6-1-2-9-16(14)17/h3-5,7-8,10-11H,1-2,6,9,12,19H2,(H,20,21). The number of hydrogen-bond acceptors (Lipinski definition) is 2. The third kappa shape index (κ3) is 2.98. The Labute approximate surface area is 125 Å². The van der Waals surface area contributed by atoms with Crippen LogP contribution in [0.1, 0.15) is 39.9 Å². The van der Waals surface area contributed by atoms with E-state index in [1.165, 1.54) is 24.0 Å². The minimum absolute atomic E-state index is 0.0655. The Balaban J connectivity index is 1.84. The van der Waals surface area contributed by atoms with E-state index >= 15 is 0 Å². The van der Waals surface area contributed by atoms with Crippen LogP contribution in [0.2, 0.25) is 0 Å². The number of carbonyl (C=O) groups excluding carboxylic acids is 1. The summed E-state index contributed by atoms with van der Waals surface area (Å²) in [6, 6.07) is 13.7. The van der Waals surface area contributed by atoms with Crippen molar-refractivity contribution in [3.63, 3.8) is 0 Å². The van der Waals surface area contributed by atoms with Gasteiger partial charge in [0.05, 0.1) is 0 Å². The molecule has 0 atom stereocenters. The number of nitrogens with one attached hydrogen (secondary N) is 1. The van der Waals surface area contributed by atoms with Crippen LogP contribution in [0.15, 0.2) is 42.5 Å². The minimum Gasteiger partial charge on any atom is -0.326 e. The Hall–Kier alpha value is -2.13. The molecule has 2 aromatic carbocycles. The summed E-state index contributed by atoms with van der Waals surface area (Å²) in [4.78, 5) is 12.4. The molecule has 0 aromatic heterocycles. The van der Waals surface area contributed by atoms with Crippen LogP contribution in [0, 0.1) is 0 Å². The van der Waals surface area contributed by atoms with Crippen molar-refractivity contribution in [3.8, 4) is 0 Å². The molecule has 0 saturated carbocycles. The van der Waals surface area contributed by atoms with Gasteiger partial charge in [-0.3, -0.25) is 4.79 Å². The molecule has 0 spiro atoms. The first-order valence-corrected chi connectivity index (χ1v) is 7.49. The molecule has 3 nitrogen and oxygen atoms in total. The van der Waals surface area contributed by atoms with Gasteiger partial charge in [0.15, 0.2) is 0 Å². The lowest BCUT2D eigenvalue weighted by Crippen LogP contribution is -2.15. The van der Waals surface area contributed by atoms with Gasteiger partial charge in [-0.15, -0.1) is 0 Å². The molecule has 3 heteroatoms. The van der Waals surface area contributed by atoms with Crippen molar-refractivity contribution >= 4 is 11.6 Å². The molecule has 0 fully saturated rings. The van der Waals surface area contributed by atoms with E-state index in [1.807, 2.05) is 36.4 Å². The Morgan fingerprint density at radius 1 is 1.10 bits per heavy atom.